The first-order chi connectivity index (χ1) is 13.7. The summed E-state index contributed by atoms with van der Waals surface area (Å²) in [7, 11) is 0. The average Bonchev–Trinajstić information content (AvgIpc) is 3.11. The minimum Gasteiger partial charge on any atom is -0.490 e. The Hall–Kier alpha value is -2.41. The number of aliphatic hydroxyl groups excluding tert-OH is 1. The molecule has 2 atom stereocenters. The van der Waals surface area contributed by atoms with Crippen LogP contribution in [-0.2, 0) is 11.3 Å². The summed E-state index contributed by atoms with van der Waals surface area (Å²) in [6, 6.07) is 14.1. The van der Waals surface area contributed by atoms with Crippen molar-refractivity contribution in [2.45, 2.75) is 25.7 Å². The minimum atomic E-state index is -0.551. The van der Waals surface area contributed by atoms with Crippen molar-refractivity contribution in [3.63, 3.8) is 0 Å². The van der Waals surface area contributed by atoms with Crippen LogP contribution in [0.4, 0.5) is 0 Å². The fourth-order valence-electron chi connectivity index (χ4n) is 3.69. The number of morpholine rings is 1. The third-order valence-corrected chi connectivity index (χ3v) is 5.03. The lowest BCUT2D eigenvalue weighted by atomic mass is 10.1. The fraction of sp³-hybridized carbons (Fsp3) is 0.409. The summed E-state index contributed by atoms with van der Waals surface area (Å²) in [6.45, 7) is 5.87. The normalized spacial score (nSPS) is 19.0. The van der Waals surface area contributed by atoms with Crippen LogP contribution in [0.2, 0.25) is 0 Å². The van der Waals surface area contributed by atoms with E-state index in [1.165, 1.54) is 0 Å². The van der Waals surface area contributed by atoms with Crippen molar-refractivity contribution < 1.29 is 14.6 Å². The van der Waals surface area contributed by atoms with Crippen molar-refractivity contribution >= 4 is 10.8 Å². The van der Waals surface area contributed by atoms with E-state index in [0.29, 0.717) is 13.2 Å². The molecule has 4 rings (SSSR count). The highest BCUT2D eigenvalue weighted by molar-refractivity contribution is 5.88. The zero-order chi connectivity index (χ0) is 19.3. The first-order valence-corrected chi connectivity index (χ1v) is 9.79. The van der Waals surface area contributed by atoms with Gasteiger partial charge >= 0.3 is 0 Å². The topological polar surface area (TPSA) is 59.8 Å². The van der Waals surface area contributed by atoms with E-state index in [2.05, 4.69) is 22.1 Å². The van der Waals surface area contributed by atoms with Crippen LogP contribution in [0.15, 0.2) is 54.9 Å². The Morgan fingerprint density at radius 2 is 2.11 bits per heavy atom. The Kier molecular flexibility index (Phi) is 5.90. The number of rotatable bonds is 7. The maximum absolute atomic E-state index is 10.5. The molecule has 2 unspecified atom stereocenters. The predicted molar refractivity (Wildman–Crippen MR) is 109 cm³/mol. The second-order valence-electron chi connectivity index (χ2n) is 7.43. The van der Waals surface area contributed by atoms with Gasteiger partial charge in [-0.05, 0) is 23.9 Å². The lowest BCUT2D eigenvalue weighted by Gasteiger charge is -2.34. The largest absolute Gasteiger partial charge is 0.490 e. The summed E-state index contributed by atoms with van der Waals surface area (Å²) in [5.41, 5.74) is 1.15. The SMILES string of the molecule is Cc1cnn(CC2CN(CC(O)COc3cccc4ccccc34)CCO2)c1. The number of β-amino-alcohol motifs (C(OH)–C–C–N with tert-alkyl or cyclic N) is 1. The molecule has 0 aliphatic carbocycles. The van der Waals surface area contributed by atoms with Crippen LogP contribution in [0.1, 0.15) is 5.56 Å². The fourth-order valence-corrected chi connectivity index (χ4v) is 3.69. The van der Waals surface area contributed by atoms with Crippen LogP contribution in [-0.4, -0.2) is 64.8 Å². The molecule has 0 radical (unpaired) electrons. The molecule has 1 saturated heterocycles. The van der Waals surface area contributed by atoms with E-state index in [0.717, 1.165) is 41.7 Å². The Morgan fingerprint density at radius 1 is 1.25 bits per heavy atom. The van der Waals surface area contributed by atoms with Crippen LogP contribution < -0.4 is 4.74 Å². The van der Waals surface area contributed by atoms with Crippen molar-refractivity contribution in [2.75, 3.05) is 32.8 Å². The van der Waals surface area contributed by atoms with Gasteiger partial charge in [-0.3, -0.25) is 9.58 Å². The highest BCUT2D eigenvalue weighted by atomic mass is 16.5. The number of ether oxygens (including phenoxy) is 2. The molecule has 1 aromatic heterocycles. The molecular weight excluding hydrogens is 354 g/mol. The number of nitrogens with zero attached hydrogens (tertiary/aromatic N) is 3. The number of aromatic nitrogens is 2. The van der Waals surface area contributed by atoms with Gasteiger partial charge in [0.25, 0.3) is 0 Å². The standard InChI is InChI=1S/C22H27N3O3/c1-17-11-23-25(12-17)15-20-14-24(9-10-27-20)13-19(26)16-28-22-8-4-6-18-5-2-3-7-21(18)22/h2-8,11-12,19-20,26H,9-10,13-16H2,1H3. The van der Waals surface area contributed by atoms with Crippen LogP contribution >= 0.6 is 0 Å². The molecule has 148 valence electrons. The third kappa shape index (κ3) is 4.70. The van der Waals surface area contributed by atoms with Crippen molar-refractivity contribution in [1.82, 2.24) is 14.7 Å². The molecule has 6 nitrogen and oxygen atoms in total. The van der Waals surface area contributed by atoms with Crippen molar-refractivity contribution in [3.8, 4) is 5.75 Å². The molecule has 1 aliphatic heterocycles. The number of fused-ring (bicyclic) bond motifs is 1. The summed E-state index contributed by atoms with van der Waals surface area (Å²) in [5, 5.41) is 17.0. The van der Waals surface area contributed by atoms with Crippen molar-refractivity contribution in [1.29, 1.82) is 0 Å². The van der Waals surface area contributed by atoms with Gasteiger partial charge in [0.2, 0.25) is 0 Å². The van der Waals surface area contributed by atoms with Crippen molar-refractivity contribution in [3.05, 3.63) is 60.4 Å². The average molecular weight is 381 g/mol. The van der Waals surface area contributed by atoms with Gasteiger partial charge in [-0.25, -0.2) is 0 Å². The molecule has 2 aromatic carbocycles. The van der Waals surface area contributed by atoms with Gasteiger partial charge in [0.05, 0.1) is 25.5 Å². The third-order valence-electron chi connectivity index (χ3n) is 5.03. The highest BCUT2D eigenvalue weighted by Gasteiger charge is 2.23. The number of aryl methyl sites for hydroxylation is 1. The molecule has 1 fully saturated rings. The lowest BCUT2D eigenvalue weighted by molar-refractivity contribution is -0.0516. The molecule has 3 aromatic rings. The predicted octanol–water partition coefficient (Wildman–Crippen LogP) is 2.49. The first-order valence-electron chi connectivity index (χ1n) is 9.79. The van der Waals surface area contributed by atoms with Gasteiger partial charge in [-0.2, -0.15) is 5.10 Å². The van der Waals surface area contributed by atoms with Gasteiger partial charge in [0.15, 0.2) is 0 Å². The van der Waals surface area contributed by atoms with Gasteiger partial charge in [0.1, 0.15) is 18.5 Å². The first kappa shape index (κ1) is 18.9. The summed E-state index contributed by atoms with van der Waals surface area (Å²) < 4.78 is 13.7. The number of aliphatic hydroxyl groups is 1. The van der Waals surface area contributed by atoms with E-state index in [4.69, 9.17) is 9.47 Å². The monoisotopic (exact) mass is 381 g/mol. The van der Waals surface area contributed by atoms with Gasteiger partial charge in [-0.15, -0.1) is 0 Å². The van der Waals surface area contributed by atoms with E-state index >= 15 is 0 Å². The van der Waals surface area contributed by atoms with Crippen molar-refractivity contribution in [2.24, 2.45) is 0 Å². The van der Waals surface area contributed by atoms with Crippen LogP contribution in [0.5, 0.6) is 5.75 Å². The summed E-state index contributed by atoms with van der Waals surface area (Å²) >= 11 is 0. The molecule has 1 aliphatic rings. The summed E-state index contributed by atoms with van der Waals surface area (Å²) in [5.74, 6) is 0.811. The zero-order valence-electron chi connectivity index (χ0n) is 16.2. The van der Waals surface area contributed by atoms with E-state index < -0.39 is 6.10 Å². The second kappa shape index (κ2) is 8.73. The minimum absolute atomic E-state index is 0.0826. The van der Waals surface area contributed by atoms with E-state index in [1.807, 2.05) is 54.3 Å². The summed E-state index contributed by atoms with van der Waals surface area (Å²) in [6.07, 6.45) is 3.41. The van der Waals surface area contributed by atoms with Gasteiger partial charge < -0.3 is 14.6 Å². The second-order valence-corrected chi connectivity index (χ2v) is 7.43. The smallest absolute Gasteiger partial charge is 0.127 e. The van der Waals surface area contributed by atoms with Crippen LogP contribution in [0, 0.1) is 6.92 Å². The Labute approximate surface area is 165 Å². The van der Waals surface area contributed by atoms with Gasteiger partial charge in [-0.1, -0.05) is 36.4 Å². The Balaban J connectivity index is 1.29. The molecule has 28 heavy (non-hydrogen) atoms. The lowest BCUT2D eigenvalue weighted by Crippen LogP contribution is -2.47. The Morgan fingerprint density at radius 3 is 2.96 bits per heavy atom. The molecule has 2 heterocycles. The van der Waals surface area contributed by atoms with E-state index in [1.54, 1.807) is 0 Å². The quantitative estimate of drug-likeness (QED) is 0.681. The highest BCUT2D eigenvalue weighted by Crippen LogP contribution is 2.25. The maximum Gasteiger partial charge on any atom is 0.127 e. The maximum atomic E-state index is 10.5. The number of hydrogen-bond donors (Lipinski definition) is 1. The number of hydrogen-bond acceptors (Lipinski definition) is 5. The molecule has 0 spiro atoms. The van der Waals surface area contributed by atoms with E-state index in [-0.39, 0.29) is 12.7 Å². The zero-order valence-corrected chi connectivity index (χ0v) is 16.2. The molecule has 6 heteroatoms. The molecule has 0 bridgehead atoms. The van der Waals surface area contributed by atoms with Crippen LogP contribution in [0.25, 0.3) is 10.8 Å². The summed E-state index contributed by atoms with van der Waals surface area (Å²) in [4.78, 5) is 2.24. The molecular formula is C22H27N3O3. The molecule has 0 amide bonds. The molecule has 1 N–H and O–H groups in total. The van der Waals surface area contributed by atoms with E-state index in [9.17, 15) is 5.11 Å². The number of benzene rings is 2. The van der Waals surface area contributed by atoms with Gasteiger partial charge in [0, 0.05) is 31.2 Å². The Bertz CT molecular complexity index is 905. The van der Waals surface area contributed by atoms with Crippen LogP contribution in [0.3, 0.4) is 0 Å². The molecule has 0 saturated carbocycles.